The molecule has 3 rings (SSSR count). The van der Waals surface area contributed by atoms with Gasteiger partial charge in [0.1, 0.15) is 5.75 Å². The smallest absolute Gasteiger partial charge is 0.214 e. The van der Waals surface area contributed by atoms with E-state index in [1.165, 1.54) is 0 Å². The van der Waals surface area contributed by atoms with Gasteiger partial charge in [0.05, 0.1) is 13.2 Å². The summed E-state index contributed by atoms with van der Waals surface area (Å²) < 4.78 is 7.73. The van der Waals surface area contributed by atoms with Crippen LogP contribution in [0.3, 0.4) is 0 Å². The minimum absolute atomic E-state index is 0.516. The molecule has 2 heterocycles. The molecule has 7 heteroatoms. The summed E-state index contributed by atoms with van der Waals surface area (Å²) in [5.41, 5.74) is 5.34. The predicted octanol–water partition coefficient (Wildman–Crippen LogP) is 3.15. The van der Waals surface area contributed by atoms with E-state index in [0.717, 1.165) is 22.7 Å². The van der Waals surface area contributed by atoms with Crippen LogP contribution in [0.5, 0.6) is 5.75 Å². The summed E-state index contributed by atoms with van der Waals surface area (Å²) in [4.78, 5) is 4.02. The lowest BCUT2D eigenvalue weighted by molar-refractivity contribution is 0.340. The van der Waals surface area contributed by atoms with E-state index in [2.05, 4.69) is 20.6 Å². The lowest BCUT2D eigenvalue weighted by atomic mass is 10.2. The van der Waals surface area contributed by atoms with E-state index in [1.807, 2.05) is 43.3 Å². The Morgan fingerprint density at radius 1 is 1.17 bits per heavy atom. The lowest BCUT2D eigenvalue weighted by Crippen LogP contribution is -2.15. The SMILES string of the molecule is CCOc1ccc(CNn2c(-c3ccncc3)n[nH]c2=S)cc1. The third-order valence-electron chi connectivity index (χ3n) is 3.29. The predicted molar refractivity (Wildman–Crippen MR) is 91.3 cm³/mol. The fraction of sp³-hybridized carbons (Fsp3) is 0.188. The highest BCUT2D eigenvalue weighted by molar-refractivity contribution is 7.71. The monoisotopic (exact) mass is 327 g/mol. The quantitative estimate of drug-likeness (QED) is 0.681. The van der Waals surface area contributed by atoms with Gasteiger partial charge in [0.25, 0.3) is 0 Å². The topological polar surface area (TPSA) is 67.8 Å². The molecule has 1 aromatic carbocycles. The average molecular weight is 327 g/mol. The molecule has 118 valence electrons. The van der Waals surface area contributed by atoms with Gasteiger partial charge < -0.3 is 10.2 Å². The van der Waals surface area contributed by atoms with Crippen molar-refractivity contribution in [1.82, 2.24) is 19.9 Å². The number of benzene rings is 1. The molecule has 6 nitrogen and oxygen atoms in total. The van der Waals surface area contributed by atoms with Gasteiger partial charge in [-0.15, -0.1) is 0 Å². The standard InChI is InChI=1S/C16H17N5OS/c1-2-22-14-5-3-12(4-6-14)11-18-21-15(19-20-16(21)23)13-7-9-17-10-8-13/h3-10,18H,2,11H2,1H3,(H,20,23). The highest BCUT2D eigenvalue weighted by atomic mass is 32.1. The van der Waals surface area contributed by atoms with Crippen molar-refractivity contribution in [2.75, 3.05) is 12.0 Å². The van der Waals surface area contributed by atoms with Gasteiger partial charge >= 0.3 is 0 Å². The molecule has 0 unspecified atom stereocenters. The third kappa shape index (κ3) is 3.57. The van der Waals surface area contributed by atoms with Gasteiger partial charge in [-0.05, 0) is 49.0 Å². The first-order valence-electron chi connectivity index (χ1n) is 7.31. The summed E-state index contributed by atoms with van der Waals surface area (Å²) in [6.07, 6.45) is 3.45. The van der Waals surface area contributed by atoms with Crippen LogP contribution in [0.25, 0.3) is 11.4 Å². The summed E-state index contributed by atoms with van der Waals surface area (Å²) in [7, 11) is 0. The highest BCUT2D eigenvalue weighted by Crippen LogP contribution is 2.16. The Morgan fingerprint density at radius 3 is 2.61 bits per heavy atom. The Balaban J connectivity index is 1.76. The van der Waals surface area contributed by atoms with Crippen molar-refractivity contribution in [1.29, 1.82) is 0 Å². The van der Waals surface area contributed by atoms with Gasteiger partial charge in [-0.1, -0.05) is 12.1 Å². The minimum Gasteiger partial charge on any atom is -0.494 e. The molecule has 0 spiro atoms. The van der Waals surface area contributed by atoms with Crippen molar-refractivity contribution < 1.29 is 4.74 Å². The van der Waals surface area contributed by atoms with Crippen molar-refractivity contribution in [3.05, 3.63) is 59.1 Å². The number of pyridine rings is 1. The maximum Gasteiger partial charge on any atom is 0.214 e. The van der Waals surface area contributed by atoms with Crippen molar-refractivity contribution >= 4 is 12.2 Å². The van der Waals surface area contributed by atoms with Gasteiger partial charge in [0, 0.05) is 18.0 Å². The fourth-order valence-electron chi connectivity index (χ4n) is 2.18. The molecule has 3 aromatic rings. The number of aromatic nitrogens is 4. The molecule has 0 atom stereocenters. The number of H-pyrrole nitrogens is 1. The number of nitrogens with one attached hydrogen (secondary N) is 2. The van der Waals surface area contributed by atoms with Crippen molar-refractivity contribution in [2.45, 2.75) is 13.5 Å². The Kier molecular flexibility index (Phi) is 4.68. The summed E-state index contributed by atoms with van der Waals surface area (Å²) in [5, 5.41) is 7.08. The van der Waals surface area contributed by atoms with Crippen molar-refractivity contribution in [3.8, 4) is 17.1 Å². The van der Waals surface area contributed by atoms with Crippen LogP contribution in [0.1, 0.15) is 12.5 Å². The van der Waals surface area contributed by atoms with Gasteiger partial charge in [0.2, 0.25) is 4.77 Å². The highest BCUT2D eigenvalue weighted by Gasteiger charge is 2.08. The first kappa shape index (κ1) is 15.2. The van der Waals surface area contributed by atoms with Gasteiger partial charge in [0.15, 0.2) is 5.82 Å². The summed E-state index contributed by atoms with van der Waals surface area (Å²) in [6.45, 7) is 3.26. The van der Waals surface area contributed by atoms with Crippen LogP contribution in [-0.2, 0) is 6.54 Å². The van der Waals surface area contributed by atoms with E-state index in [4.69, 9.17) is 17.0 Å². The van der Waals surface area contributed by atoms with Crippen LogP contribution < -0.4 is 10.2 Å². The molecule has 0 saturated carbocycles. The largest absolute Gasteiger partial charge is 0.494 e. The second-order valence-electron chi connectivity index (χ2n) is 4.84. The average Bonchev–Trinajstić information content (AvgIpc) is 2.96. The van der Waals surface area contributed by atoms with Gasteiger partial charge in [-0.25, -0.2) is 9.77 Å². The number of rotatable bonds is 6. The van der Waals surface area contributed by atoms with E-state index >= 15 is 0 Å². The summed E-state index contributed by atoms with van der Waals surface area (Å²) in [5.74, 6) is 1.59. The first-order valence-corrected chi connectivity index (χ1v) is 7.72. The van der Waals surface area contributed by atoms with Crippen LogP contribution in [0, 0.1) is 4.77 Å². The molecule has 23 heavy (non-hydrogen) atoms. The van der Waals surface area contributed by atoms with Gasteiger partial charge in [-0.2, -0.15) is 5.10 Å². The van der Waals surface area contributed by atoms with Crippen LogP contribution in [-0.4, -0.2) is 26.5 Å². The van der Waals surface area contributed by atoms with Gasteiger partial charge in [-0.3, -0.25) is 4.98 Å². The molecular weight excluding hydrogens is 310 g/mol. The molecule has 0 aliphatic rings. The molecular formula is C16H17N5OS. The van der Waals surface area contributed by atoms with E-state index in [-0.39, 0.29) is 0 Å². The van der Waals surface area contributed by atoms with Crippen LogP contribution in [0.2, 0.25) is 0 Å². The zero-order valence-electron chi connectivity index (χ0n) is 12.7. The van der Waals surface area contributed by atoms with Crippen molar-refractivity contribution in [3.63, 3.8) is 0 Å². The molecule has 0 fully saturated rings. The van der Waals surface area contributed by atoms with Crippen LogP contribution in [0.4, 0.5) is 0 Å². The molecule has 0 radical (unpaired) electrons. The Morgan fingerprint density at radius 2 is 1.91 bits per heavy atom. The number of nitrogens with zero attached hydrogens (tertiary/aromatic N) is 3. The normalized spacial score (nSPS) is 10.5. The van der Waals surface area contributed by atoms with E-state index < -0.39 is 0 Å². The second kappa shape index (κ2) is 7.06. The van der Waals surface area contributed by atoms with Crippen LogP contribution >= 0.6 is 12.2 Å². The molecule has 0 aliphatic heterocycles. The lowest BCUT2D eigenvalue weighted by Gasteiger charge is -2.10. The molecule has 0 saturated heterocycles. The number of ether oxygens (including phenoxy) is 1. The summed E-state index contributed by atoms with van der Waals surface area (Å²) >= 11 is 5.29. The van der Waals surface area contributed by atoms with Crippen molar-refractivity contribution in [2.24, 2.45) is 0 Å². The fourth-order valence-corrected chi connectivity index (χ4v) is 2.38. The molecule has 0 amide bonds. The van der Waals surface area contributed by atoms with E-state index in [9.17, 15) is 0 Å². The first-order chi connectivity index (χ1) is 11.3. The molecule has 0 bridgehead atoms. The Hall–Kier alpha value is -2.67. The Labute approximate surface area is 139 Å². The number of hydrogen-bond acceptors (Lipinski definition) is 5. The maximum absolute atomic E-state index is 5.44. The number of hydrogen-bond donors (Lipinski definition) is 2. The minimum atomic E-state index is 0.516. The second-order valence-corrected chi connectivity index (χ2v) is 5.22. The number of aromatic amines is 1. The zero-order chi connectivity index (χ0) is 16.1. The summed E-state index contributed by atoms with van der Waals surface area (Å²) in [6, 6.07) is 11.7. The Bertz CT molecular complexity index is 810. The van der Waals surface area contributed by atoms with E-state index in [1.54, 1.807) is 17.1 Å². The third-order valence-corrected chi connectivity index (χ3v) is 3.56. The maximum atomic E-state index is 5.44. The zero-order valence-corrected chi connectivity index (χ0v) is 13.5. The van der Waals surface area contributed by atoms with Crippen LogP contribution in [0.15, 0.2) is 48.8 Å². The molecule has 2 aromatic heterocycles. The van der Waals surface area contributed by atoms with E-state index in [0.29, 0.717) is 17.9 Å². The molecule has 0 aliphatic carbocycles. The molecule has 2 N–H and O–H groups in total.